The van der Waals surface area contributed by atoms with Crippen molar-refractivity contribution in [2.75, 3.05) is 19.8 Å². The normalized spacial score (nSPS) is 24.7. The summed E-state index contributed by atoms with van der Waals surface area (Å²) < 4.78 is 18.4. The Hall–Kier alpha value is -0.910. The van der Waals surface area contributed by atoms with E-state index in [1.807, 2.05) is 12.1 Å². The summed E-state index contributed by atoms with van der Waals surface area (Å²) in [5, 5.41) is 0. The lowest BCUT2D eigenvalue weighted by Crippen LogP contribution is -2.47. The van der Waals surface area contributed by atoms with Crippen molar-refractivity contribution in [3.8, 4) is 5.75 Å². The molecule has 2 saturated heterocycles. The Morgan fingerprint density at radius 3 is 2.86 bits per heavy atom. The second-order valence-corrected chi connectivity index (χ2v) is 6.59. The molecule has 0 aliphatic carbocycles. The van der Waals surface area contributed by atoms with Crippen molar-refractivity contribution in [2.24, 2.45) is 0 Å². The van der Waals surface area contributed by atoms with Gasteiger partial charge in [-0.25, -0.2) is 0 Å². The molecule has 0 saturated carbocycles. The first-order valence-corrected chi connectivity index (χ1v) is 8.13. The highest BCUT2D eigenvalue weighted by Gasteiger charge is 2.40. The smallest absolute Gasteiger partial charge is 0.153 e. The average molecular weight is 355 g/mol. The average Bonchev–Trinajstić information content (AvgIpc) is 2.50. The van der Waals surface area contributed by atoms with Crippen LogP contribution in [0.15, 0.2) is 22.7 Å². The van der Waals surface area contributed by atoms with E-state index in [0.717, 1.165) is 49.7 Å². The molecule has 1 atom stereocenters. The van der Waals surface area contributed by atoms with E-state index < -0.39 is 0 Å². The second-order valence-electron chi connectivity index (χ2n) is 5.68. The van der Waals surface area contributed by atoms with Gasteiger partial charge in [-0.1, -0.05) is 15.9 Å². The Labute approximate surface area is 132 Å². The van der Waals surface area contributed by atoms with Crippen LogP contribution < -0.4 is 4.74 Å². The molecule has 0 amide bonds. The molecule has 2 heterocycles. The SMILES string of the molecule is O=Cc1cc(Br)ccc1OC1CCOC2(CCOCC2)C1. The maximum Gasteiger partial charge on any atom is 0.153 e. The minimum atomic E-state index is -0.0993. The Bertz CT molecular complexity index is 505. The summed E-state index contributed by atoms with van der Waals surface area (Å²) in [7, 11) is 0. The highest BCUT2D eigenvalue weighted by Crippen LogP contribution is 2.36. The first kappa shape index (κ1) is 15.0. The van der Waals surface area contributed by atoms with Gasteiger partial charge in [0, 0.05) is 30.5 Å². The van der Waals surface area contributed by atoms with Crippen LogP contribution in [-0.2, 0) is 9.47 Å². The Morgan fingerprint density at radius 1 is 1.29 bits per heavy atom. The molecule has 0 bridgehead atoms. The first-order valence-electron chi connectivity index (χ1n) is 7.34. The van der Waals surface area contributed by atoms with E-state index in [9.17, 15) is 4.79 Å². The van der Waals surface area contributed by atoms with Gasteiger partial charge in [0.05, 0.1) is 17.8 Å². The van der Waals surface area contributed by atoms with Crippen LogP contribution in [0.5, 0.6) is 5.75 Å². The lowest BCUT2D eigenvalue weighted by atomic mass is 9.85. The van der Waals surface area contributed by atoms with Crippen LogP contribution in [0.4, 0.5) is 0 Å². The molecule has 1 aromatic rings. The molecule has 2 aliphatic rings. The van der Waals surface area contributed by atoms with Crippen molar-refractivity contribution < 1.29 is 19.0 Å². The first-order chi connectivity index (χ1) is 10.2. The van der Waals surface area contributed by atoms with E-state index in [0.29, 0.717) is 17.9 Å². The van der Waals surface area contributed by atoms with Gasteiger partial charge in [-0.3, -0.25) is 4.79 Å². The number of rotatable bonds is 3. The van der Waals surface area contributed by atoms with Gasteiger partial charge < -0.3 is 14.2 Å². The molecule has 5 heteroatoms. The maximum atomic E-state index is 11.2. The molecular formula is C16H19BrO4. The lowest BCUT2D eigenvalue weighted by Gasteiger charge is -2.43. The van der Waals surface area contributed by atoms with Crippen LogP contribution >= 0.6 is 15.9 Å². The lowest BCUT2D eigenvalue weighted by molar-refractivity contribution is -0.155. The van der Waals surface area contributed by atoms with E-state index in [4.69, 9.17) is 14.2 Å². The van der Waals surface area contributed by atoms with Gasteiger partial charge in [-0.15, -0.1) is 0 Å². The summed E-state index contributed by atoms with van der Waals surface area (Å²) in [6.07, 6.45) is 4.50. The molecular weight excluding hydrogens is 336 g/mol. The largest absolute Gasteiger partial charge is 0.489 e. The van der Waals surface area contributed by atoms with Crippen molar-refractivity contribution in [3.05, 3.63) is 28.2 Å². The van der Waals surface area contributed by atoms with Crippen LogP contribution in [0.2, 0.25) is 0 Å². The van der Waals surface area contributed by atoms with Crippen LogP contribution in [0, 0.1) is 0 Å². The molecule has 4 nitrogen and oxygen atoms in total. The number of hydrogen-bond donors (Lipinski definition) is 0. The van der Waals surface area contributed by atoms with E-state index in [1.54, 1.807) is 6.07 Å². The summed E-state index contributed by atoms with van der Waals surface area (Å²) >= 11 is 3.37. The van der Waals surface area contributed by atoms with Crippen molar-refractivity contribution in [3.63, 3.8) is 0 Å². The fourth-order valence-corrected chi connectivity index (χ4v) is 3.45. The van der Waals surface area contributed by atoms with Crippen molar-refractivity contribution in [1.82, 2.24) is 0 Å². The zero-order valence-electron chi connectivity index (χ0n) is 11.8. The number of aldehydes is 1. The molecule has 0 aromatic heterocycles. The number of halogens is 1. The predicted octanol–water partition coefficient (Wildman–Crippen LogP) is 3.37. The number of carbonyl (C=O) groups excluding carboxylic acids is 1. The molecule has 0 N–H and O–H groups in total. The summed E-state index contributed by atoms with van der Waals surface area (Å²) in [6, 6.07) is 5.53. The van der Waals surface area contributed by atoms with Crippen LogP contribution in [0.1, 0.15) is 36.0 Å². The highest BCUT2D eigenvalue weighted by molar-refractivity contribution is 9.10. The predicted molar refractivity (Wildman–Crippen MR) is 81.9 cm³/mol. The quantitative estimate of drug-likeness (QED) is 0.780. The molecule has 0 radical (unpaired) electrons. The van der Waals surface area contributed by atoms with E-state index in [-0.39, 0.29) is 11.7 Å². The van der Waals surface area contributed by atoms with Crippen LogP contribution in [-0.4, -0.2) is 37.8 Å². The van der Waals surface area contributed by atoms with Gasteiger partial charge in [-0.05, 0) is 31.0 Å². The molecule has 2 fully saturated rings. The molecule has 1 unspecified atom stereocenters. The van der Waals surface area contributed by atoms with Gasteiger partial charge in [0.15, 0.2) is 6.29 Å². The van der Waals surface area contributed by atoms with Gasteiger partial charge in [0.25, 0.3) is 0 Å². The zero-order chi connectivity index (χ0) is 14.7. The number of carbonyl (C=O) groups is 1. The fraction of sp³-hybridized carbons (Fsp3) is 0.562. The highest BCUT2D eigenvalue weighted by atomic mass is 79.9. The third-order valence-electron chi connectivity index (χ3n) is 4.24. The minimum Gasteiger partial charge on any atom is -0.489 e. The van der Waals surface area contributed by atoms with Crippen molar-refractivity contribution in [2.45, 2.75) is 37.4 Å². The summed E-state index contributed by atoms with van der Waals surface area (Å²) in [6.45, 7) is 2.22. The third kappa shape index (κ3) is 3.47. The van der Waals surface area contributed by atoms with Crippen LogP contribution in [0.25, 0.3) is 0 Å². The summed E-state index contributed by atoms with van der Waals surface area (Å²) in [5.74, 6) is 0.655. The third-order valence-corrected chi connectivity index (χ3v) is 4.74. The molecule has 2 aliphatic heterocycles. The summed E-state index contributed by atoms with van der Waals surface area (Å²) in [5.41, 5.74) is 0.481. The molecule has 1 aromatic carbocycles. The standard InChI is InChI=1S/C16H19BrO4/c17-13-1-2-15(12(9-13)11-18)21-14-3-6-20-16(10-14)4-7-19-8-5-16/h1-2,9,11,14H,3-8,10H2. The maximum absolute atomic E-state index is 11.2. The van der Waals surface area contributed by atoms with Crippen molar-refractivity contribution >= 4 is 22.2 Å². The molecule has 21 heavy (non-hydrogen) atoms. The minimum absolute atomic E-state index is 0.0942. The van der Waals surface area contributed by atoms with Gasteiger partial charge in [-0.2, -0.15) is 0 Å². The zero-order valence-corrected chi connectivity index (χ0v) is 13.4. The van der Waals surface area contributed by atoms with Crippen molar-refractivity contribution in [1.29, 1.82) is 0 Å². The molecule has 1 spiro atoms. The monoisotopic (exact) mass is 354 g/mol. The molecule has 114 valence electrons. The second kappa shape index (κ2) is 6.46. The Kier molecular flexibility index (Phi) is 4.62. The summed E-state index contributed by atoms with van der Waals surface area (Å²) in [4.78, 5) is 11.2. The number of hydrogen-bond acceptors (Lipinski definition) is 4. The Balaban J connectivity index is 1.71. The number of benzene rings is 1. The van der Waals surface area contributed by atoms with E-state index in [1.165, 1.54) is 0 Å². The molecule has 3 rings (SSSR count). The van der Waals surface area contributed by atoms with Crippen LogP contribution in [0.3, 0.4) is 0 Å². The Morgan fingerprint density at radius 2 is 2.10 bits per heavy atom. The topological polar surface area (TPSA) is 44.8 Å². The fourth-order valence-electron chi connectivity index (χ4n) is 3.07. The number of ether oxygens (including phenoxy) is 3. The van der Waals surface area contributed by atoms with Gasteiger partial charge >= 0.3 is 0 Å². The van der Waals surface area contributed by atoms with E-state index in [2.05, 4.69) is 15.9 Å². The van der Waals surface area contributed by atoms with Gasteiger partial charge in [0.2, 0.25) is 0 Å². The van der Waals surface area contributed by atoms with Gasteiger partial charge in [0.1, 0.15) is 11.9 Å². The van der Waals surface area contributed by atoms with E-state index >= 15 is 0 Å².